The fraction of sp³-hybridized carbons (Fsp3) is 0.227. The fourth-order valence-corrected chi connectivity index (χ4v) is 5.35. The van der Waals surface area contributed by atoms with Gasteiger partial charge >= 0.3 is 5.97 Å². The predicted molar refractivity (Wildman–Crippen MR) is 112 cm³/mol. The summed E-state index contributed by atoms with van der Waals surface area (Å²) in [6, 6.07) is 17.6. The molecule has 2 atom stereocenters. The molecule has 0 radical (unpaired) electrons. The molecule has 8 heteroatoms. The van der Waals surface area contributed by atoms with Crippen LogP contribution in [0.1, 0.15) is 11.1 Å². The molecule has 7 nitrogen and oxygen atoms in total. The maximum absolute atomic E-state index is 14.0. The zero-order valence-electron chi connectivity index (χ0n) is 16.1. The molecule has 0 unspecified atom stereocenters. The number of rotatable bonds is 2. The topological polar surface area (TPSA) is 107 Å². The smallest absolute Gasteiger partial charge is 0.340 e. The van der Waals surface area contributed by atoms with Crippen LogP contribution in [0.2, 0.25) is 0 Å². The molecule has 0 saturated heterocycles. The number of carbonyl (C=O) groups excluding carboxylic acids is 2. The van der Waals surface area contributed by atoms with E-state index in [0.717, 1.165) is 6.21 Å². The SMILES string of the molecule is COC(=O)[C@@]1(c2ccccc2)N=CC(C#N)(C#N)[C@@]12C(=O)N(C)c1cccc(Br)c12. The van der Waals surface area contributed by atoms with Crippen molar-refractivity contribution in [1.29, 1.82) is 10.5 Å². The van der Waals surface area contributed by atoms with E-state index in [-0.39, 0.29) is 0 Å². The van der Waals surface area contributed by atoms with Crippen molar-refractivity contribution in [3.05, 3.63) is 64.1 Å². The third kappa shape index (κ3) is 1.94. The van der Waals surface area contributed by atoms with E-state index in [1.807, 2.05) is 12.1 Å². The van der Waals surface area contributed by atoms with Crippen molar-refractivity contribution < 1.29 is 14.3 Å². The molecular weight excluding hydrogens is 448 g/mol. The van der Waals surface area contributed by atoms with E-state index in [4.69, 9.17) is 4.74 Å². The monoisotopic (exact) mass is 462 g/mol. The first kappa shape index (κ1) is 19.8. The van der Waals surface area contributed by atoms with Crippen LogP contribution in [0.25, 0.3) is 0 Å². The zero-order chi connectivity index (χ0) is 21.7. The molecule has 0 fully saturated rings. The highest BCUT2D eigenvalue weighted by Crippen LogP contribution is 2.65. The Morgan fingerprint density at radius 2 is 1.80 bits per heavy atom. The highest BCUT2D eigenvalue weighted by atomic mass is 79.9. The fourth-order valence-electron chi connectivity index (χ4n) is 4.70. The normalized spacial score (nSPS) is 25.6. The molecule has 1 spiro atoms. The molecule has 2 aliphatic rings. The molecule has 0 saturated carbocycles. The summed E-state index contributed by atoms with van der Waals surface area (Å²) in [5.41, 5.74) is -4.80. The number of aliphatic imine (C=N–C) groups is 1. The van der Waals surface area contributed by atoms with Crippen LogP contribution in [-0.4, -0.2) is 32.2 Å². The molecule has 0 aliphatic carbocycles. The number of likely N-dealkylation sites (N-methyl/N-ethyl adjacent to an activating group) is 1. The van der Waals surface area contributed by atoms with Gasteiger partial charge in [-0.1, -0.05) is 52.3 Å². The molecule has 2 aliphatic heterocycles. The van der Waals surface area contributed by atoms with Crippen molar-refractivity contribution in [3.8, 4) is 12.1 Å². The van der Waals surface area contributed by atoms with Crippen LogP contribution < -0.4 is 4.90 Å². The number of amides is 1. The lowest BCUT2D eigenvalue weighted by atomic mass is 9.53. The summed E-state index contributed by atoms with van der Waals surface area (Å²) in [6.07, 6.45) is 1.12. The van der Waals surface area contributed by atoms with Crippen LogP contribution in [-0.2, 0) is 25.3 Å². The molecule has 4 rings (SSSR count). The van der Waals surface area contributed by atoms with Crippen LogP contribution in [0.4, 0.5) is 5.69 Å². The molecule has 2 aromatic rings. The maximum atomic E-state index is 14.0. The van der Waals surface area contributed by atoms with Gasteiger partial charge in [0.25, 0.3) is 0 Å². The van der Waals surface area contributed by atoms with E-state index in [9.17, 15) is 20.1 Å². The summed E-state index contributed by atoms with van der Waals surface area (Å²) in [6.45, 7) is 0. The second-order valence-electron chi connectivity index (χ2n) is 7.11. The average Bonchev–Trinajstić information content (AvgIpc) is 3.22. The van der Waals surface area contributed by atoms with Gasteiger partial charge in [-0.2, -0.15) is 10.5 Å². The van der Waals surface area contributed by atoms with Crippen LogP contribution in [0.5, 0.6) is 0 Å². The van der Waals surface area contributed by atoms with Gasteiger partial charge in [0, 0.05) is 29.0 Å². The average molecular weight is 463 g/mol. The van der Waals surface area contributed by atoms with Crippen LogP contribution in [0.3, 0.4) is 0 Å². The van der Waals surface area contributed by atoms with Gasteiger partial charge in [0.15, 0.2) is 10.8 Å². The minimum Gasteiger partial charge on any atom is -0.467 e. The summed E-state index contributed by atoms with van der Waals surface area (Å²) in [7, 11) is 2.74. The molecule has 148 valence electrons. The molecular formula is C22H15BrN4O3. The molecule has 0 N–H and O–H groups in total. The number of nitriles is 2. The molecule has 0 aromatic heterocycles. The van der Waals surface area contributed by atoms with Crippen molar-refractivity contribution in [2.24, 2.45) is 10.4 Å². The third-order valence-electron chi connectivity index (χ3n) is 5.96. The number of benzene rings is 2. The first-order chi connectivity index (χ1) is 14.4. The number of hydrogen-bond acceptors (Lipinski definition) is 6. The van der Waals surface area contributed by atoms with E-state index in [1.54, 1.807) is 55.6 Å². The van der Waals surface area contributed by atoms with Crippen LogP contribution in [0, 0.1) is 28.1 Å². The van der Waals surface area contributed by atoms with Gasteiger partial charge in [-0.25, -0.2) is 4.79 Å². The Balaban J connectivity index is 2.28. The molecule has 30 heavy (non-hydrogen) atoms. The second kappa shape index (κ2) is 6.51. The van der Waals surface area contributed by atoms with Crippen molar-refractivity contribution in [2.75, 3.05) is 19.1 Å². The Bertz CT molecular complexity index is 1180. The Morgan fingerprint density at radius 3 is 2.40 bits per heavy atom. The summed E-state index contributed by atoms with van der Waals surface area (Å²) >= 11 is 3.49. The lowest BCUT2D eigenvalue weighted by molar-refractivity contribution is -0.154. The molecule has 2 aromatic carbocycles. The van der Waals surface area contributed by atoms with Crippen molar-refractivity contribution >= 4 is 39.7 Å². The van der Waals surface area contributed by atoms with Gasteiger partial charge in [-0.3, -0.25) is 9.79 Å². The Labute approximate surface area is 181 Å². The number of ether oxygens (including phenoxy) is 1. The van der Waals surface area contributed by atoms with Gasteiger partial charge in [0.1, 0.15) is 0 Å². The van der Waals surface area contributed by atoms with E-state index < -0.39 is 28.2 Å². The number of carbonyl (C=O) groups is 2. The second-order valence-corrected chi connectivity index (χ2v) is 7.96. The van der Waals surface area contributed by atoms with Crippen LogP contribution in [0.15, 0.2) is 58.0 Å². The Morgan fingerprint density at radius 1 is 1.13 bits per heavy atom. The number of anilines is 1. The largest absolute Gasteiger partial charge is 0.467 e. The van der Waals surface area contributed by atoms with Gasteiger partial charge in [-0.05, 0) is 17.7 Å². The number of fused-ring (bicyclic) bond motifs is 2. The zero-order valence-corrected chi connectivity index (χ0v) is 17.7. The predicted octanol–water partition coefficient (Wildman–Crippen LogP) is 2.85. The summed E-state index contributed by atoms with van der Waals surface area (Å²) in [5.74, 6) is -1.41. The van der Waals surface area contributed by atoms with Crippen molar-refractivity contribution in [1.82, 2.24) is 0 Å². The minimum atomic E-state index is -2.04. The van der Waals surface area contributed by atoms with Crippen molar-refractivity contribution in [3.63, 3.8) is 0 Å². The van der Waals surface area contributed by atoms with E-state index >= 15 is 0 Å². The third-order valence-corrected chi connectivity index (χ3v) is 6.63. The van der Waals surface area contributed by atoms with Crippen LogP contribution >= 0.6 is 15.9 Å². The first-order valence-corrected chi connectivity index (χ1v) is 9.77. The van der Waals surface area contributed by atoms with E-state index in [2.05, 4.69) is 20.9 Å². The molecule has 2 heterocycles. The summed E-state index contributed by atoms with van der Waals surface area (Å²) < 4.78 is 5.63. The Kier molecular flexibility index (Phi) is 4.30. The Hall–Kier alpha value is -3.49. The number of hydrogen-bond donors (Lipinski definition) is 0. The number of esters is 1. The highest BCUT2D eigenvalue weighted by molar-refractivity contribution is 9.10. The number of halogens is 1. The molecule has 0 bridgehead atoms. The quantitative estimate of drug-likeness (QED) is 0.637. The minimum absolute atomic E-state index is 0.353. The van der Waals surface area contributed by atoms with E-state index in [1.165, 1.54) is 12.0 Å². The number of nitrogens with zero attached hydrogens (tertiary/aromatic N) is 4. The first-order valence-electron chi connectivity index (χ1n) is 8.98. The van der Waals surface area contributed by atoms with Gasteiger partial charge in [-0.15, -0.1) is 0 Å². The lowest BCUT2D eigenvalue weighted by Crippen LogP contribution is -2.63. The number of methoxy groups -OCH3 is 1. The van der Waals surface area contributed by atoms with E-state index in [0.29, 0.717) is 21.3 Å². The van der Waals surface area contributed by atoms with Gasteiger partial charge < -0.3 is 9.64 Å². The maximum Gasteiger partial charge on any atom is 0.340 e. The molecule has 1 amide bonds. The van der Waals surface area contributed by atoms with Gasteiger partial charge in [0.2, 0.25) is 11.4 Å². The lowest BCUT2D eigenvalue weighted by Gasteiger charge is -2.42. The standard InChI is InChI=1S/C22H15BrN4O3/c1-27-16-10-6-9-15(23)17(16)21(18(27)28)20(11-24,12-25)13-26-22(21,19(29)30-2)14-7-4-3-5-8-14/h3-10,13H,1-2H3/t21-,22-/m1/s1. The van der Waals surface area contributed by atoms with Crippen molar-refractivity contribution in [2.45, 2.75) is 11.0 Å². The highest BCUT2D eigenvalue weighted by Gasteiger charge is 2.80. The summed E-state index contributed by atoms with van der Waals surface area (Å²) in [4.78, 5) is 33.3. The summed E-state index contributed by atoms with van der Waals surface area (Å²) in [5, 5.41) is 20.4. The van der Waals surface area contributed by atoms with Gasteiger partial charge in [0.05, 0.1) is 19.2 Å².